The van der Waals surface area contributed by atoms with Crippen LogP contribution in [0.4, 0.5) is 5.69 Å². The predicted molar refractivity (Wildman–Crippen MR) is 134 cm³/mol. The molecule has 2 atom stereocenters. The van der Waals surface area contributed by atoms with Gasteiger partial charge in [-0.3, -0.25) is 4.79 Å². The average molecular weight is 472 g/mol. The number of carbonyl (C=O) groups is 1. The molecule has 4 aromatic rings. The van der Waals surface area contributed by atoms with E-state index in [9.17, 15) is 4.79 Å². The van der Waals surface area contributed by atoms with Crippen LogP contribution < -0.4 is 15.5 Å². The number of para-hydroxylation sites is 1. The highest BCUT2D eigenvalue weighted by molar-refractivity contribution is 8.00. The van der Waals surface area contributed by atoms with Crippen molar-refractivity contribution in [3.8, 4) is 5.75 Å². The van der Waals surface area contributed by atoms with Crippen molar-refractivity contribution in [2.24, 2.45) is 0 Å². The Kier molecular flexibility index (Phi) is 6.22. The van der Waals surface area contributed by atoms with Crippen LogP contribution in [0.3, 0.4) is 0 Å². The smallest absolute Gasteiger partial charge is 0.240 e. The summed E-state index contributed by atoms with van der Waals surface area (Å²) in [5.74, 6) is 1.31. The molecule has 5 rings (SSSR count). The largest absolute Gasteiger partial charge is 0.486 e. The van der Waals surface area contributed by atoms with Crippen molar-refractivity contribution in [2.75, 3.05) is 10.7 Å². The van der Waals surface area contributed by atoms with Crippen molar-refractivity contribution in [1.29, 1.82) is 0 Å². The fourth-order valence-corrected chi connectivity index (χ4v) is 5.13. The maximum Gasteiger partial charge on any atom is 0.240 e. The molecule has 0 bridgehead atoms. The number of nitrogens with one attached hydrogen (secondary N) is 2. The van der Waals surface area contributed by atoms with Gasteiger partial charge in [-0.25, -0.2) is 4.68 Å². The van der Waals surface area contributed by atoms with Crippen LogP contribution in [0.15, 0.2) is 84.0 Å². The number of carbonyl (C=O) groups excluding carboxylic acids is 1. The molecule has 1 aliphatic heterocycles. The summed E-state index contributed by atoms with van der Waals surface area (Å²) in [5.41, 5.74) is 7.47. The van der Waals surface area contributed by atoms with E-state index in [0.29, 0.717) is 11.0 Å². The molecular weight excluding hydrogens is 446 g/mol. The number of aryl methyl sites for hydroxylation is 2. The molecule has 2 N–H and O–H groups in total. The van der Waals surface area contributed by atoms with E-state index in [1.165, 1.54) is 11.8 Å². The van der Waals surface area contributed by atoms with Crippen molar-refractivity contribution in [1.82, 2.24) is 14.9 Å². The molecule has 0 saturated carbocycles. The van der Waals surface area contributed by atoms with Crippen LogP contribution in [-0.4, -0.2) is 26.0 Å². The molecule has 0 saturated heterocycles. The first-order chi connectivity index (χ1) is 16.6. The molecule has 1 amide bonds. The van der Waals surface area contributed by atoms with Crippen LogP contribution in [0.2, 0.25) is 0 Å². The zero-order chi connectivity index (χ0) is 23.5. The molecule has 8 heteroatoms. The molecular formula is C26H25N5O2S. The number of hydrogen-bond acceptors (Lipinski definition) is 6. The number of aromatic nitrogens is 3. The molecule has 7 nitrogen and oxygen atoms in total. The summed E-state index contributed by atoms with van der Waals surface area (Å²) >= 11 is 1.40. The number of nitrogens with zero attached hydrogens (tertiary/aromatic N) is 3. The number of benzene rings is 3. The minimum absolute atomic E-state index is 0.0901. The zero-order valence-corrected chi connectivity index (χ0v) is 19.8. The lowest BCUT2D eigenvalue weighted by Crippen LogP contribution is -2.41. The van der Waals surface area contributed by atoms with E-state index >= 15 is 0 Å². The lowest BCUT2D eigenvalue weighted by molar-refractivity contribution is -0.116. The number of rotatable bonds is 6. The van der Waals surface area contributed by atoms with Crippen LogP contribution in [-0.2, 0) is 11.4 Å². The molecule has 1 aromatic heterocycles. The summed E-state index contributed by atoms with van der Waals surface area (Å²) in [6.07, 6.45) is 0. The van der Waals surface area contributed by atoms with Crippen molar-refractivity contribution in [3.63, 3.8) is 0 Å². The summed E-state index contributed by atoms with van der Waals surface area (Å²) in [6.45, 7) is 4.30. The van der Waals surface area contributed by atoms with Gasteiger partial charge in [-0.2, -0.15) is 0 Å². The molecule has 2 unspecified atom stereocenters. The number of thioether (sulfide) groups is 1. The third-order valence-corrected chi connectivity index (χ3v) is 6.74. The lowest BCUT2D eigenvalue weighted by Gasteiger charge is -2.33. The van der Waals surface area contributed by atoms with E-state index in [0.717, 1.165) is 28.1 Å². The minimum Gasteiger partial charge on any atom is -0.486 e. The Balaban J connectivity index is 1.41. The standard InChI is InChI=1S/C26H25N5O2S/c1-17-13-18(2)15-20(14-17)27-25(32)24-23(19-9-5-3-6-10-19)30-31-22(28-29-26(31)34-24)16-33-21-11-7-4-8-12-21/h3-15,23-24,30H,16H2,1-2H3,(H,27,32). The van der Waals surface area contributed by atoms with Crippen LogP contribution in [0, 0.1) is 13.8 Å². The number of fused-ring (bicyclic) bond motifs is 1. The highest BCUT2D eigenvalue weighted by Gasteiger charge is 2.38. The van der Waals surface area contributed by atoms with Crippen molar-refractivity contribution >= 4 is 23.4 Å². The van der Waals surface area contributed by atoms with Gasteiger partial charge < -0.3 is 15.5 Å². The van der Waals surface area contributed by atoms with Crippen LogP contribution in [0.5, 0.6) is 5.75 Å². The van der Waals surface area contributed by atoms with E-state index in [-0.39, 0.29) is 18.6 Å². The maximum atomic E-state index is 13.4. The summed E-state index contributed by atoms with van der Waals surface area (Å²) in [7, 11) is 0. The molecule has 172 valence electrons. The molecule has 0 aliphatic carbocycles. The van der Waals surface area contributed by atoms with Gasteiger partial charge in [0.25, 0.3) is 0 Å². The summed E-state index contributed by atoms with van der Waals surface area (Å²) in [4.78, 5) is 13.4. The first kappa shape index (κ1) is 22.0. The summed E-state index contributed by atoms with van der Waals surface area (Å²) in [6, 6.07) is 25.3. The lowest BCUT2D eigenvalue weighted by atomic mass is 10.0. The molecule has 0 spiro atoms. The normalized spacial score (nSPS) is 16.9. The SMILES string of the molecule is Cc1cc(C)cc(NC(=O)C2Sc3nnc(COc4ccccc4)n3NC2c2ccccc2)c1. The van der Waals surface area contributed by atoms with Crippen molar-refractivity contribution in [3.05, 3.63) is 101 Å². The highest BCUT2D eigenvalue weighted by atomic mass is 32.2. The van der Waals surface area contributed by atoms with E-state index in [2.05, 4.69) is 27.0 Å². The van der Waals surface area contributed by atoms with E-state index in [4.69, 9.17) is 4.74 Å². The summed E-state index contributed by atoms with van der Waals surface area (Å²) in [5, 5.41) is 11.9. The average Bonchev–Trinajstić information content (AvgIpc) is 3.24. The fourth-order valence-electron chi connectivity index (χ4n) is 4.03. The zero-order valence-electron chi connectivity index (χ0n) is 18.9. The Morgan fingerprint density at radius 2 is 1.68 bits per heavy atom. The van der Waals surface area contributed by atoms with Crippen LogP contribution in [0.25, 0.3) is 0 Å². The number of ether oxygens (including phenoxy) is 1. The van der Waals surface area contributed by atoms with E-state index < -0.39 is 5.25 Å². The second-order valence-corrected chi connectivity index (χ2v) is 9.37. The molecule has 2 heterocycles. The topological polar surface area (TPSA) is 81.1 Å². The van der Waals surface area contributed by atoms with Crippen molar-refractivity contribution in [2.45, 2.75) is 36.9 Å². The van der Waals surface area contributed by atoms with E-state index in [1.54, 1.807) is 0 Å². The second-order valence-electron chi connectivity index (χ2n) is 8.26. The molecule has 3 aromatic carbocycles. The van der Waals surface area contributed by atoms with Gasteiger partial charge in [0, 0.05) is 5.69 Å². The van der Waals surface area contributed by atoms with Gasteiger partial charge in [0.15, 0.2) is 5.82 Å². The molecule has 34 heavy (non-hydrogen) atoms. The number of anilines is 1. The van der Waals surface area contributed by atoms with Gasteiger partial charge in [0.2, 0.25) is 11.1 Å². The maximum absolute atomic E-state index is 13.4. The van der Waals surface area contributed by atoms with Gasteiger partial charge in [-0.1, -0.05) is 66.4 Å². The van der Waals surface area contributed by atoms with Gasteiger partial charge in [0.05, 0.1) is 6.04 Å². The Morgan fingerprint density at radius 3 is 2.38 bits per heavy atom. The Bertz CT molecular complexity index is 1270. The molecule has 1 aliphatic rings. The Labute approximate surface area is 202 Å². The quantitative estimate of drug-likeness (QED) is 0.418. The molecule has 0 radical (unpaired) electrons. The first-order valence-electron chi connectivity index (χ1n) is 11.1. The minimum atomic E-state index is -0.442. The number of hydrogen-bond donors (Lipinski definition) is 2. The van der Waals surface area contributed by atoms with Crippen LogP contribution in [0.1, 0.15) is 28.6 Å². The van der Waals surface area contributed by atoms with Gasteiger partial charge >= 0.3 is 0 Å². The monoisotopic (exact) mass is 471 g/mol. The van der Waals surface area contributed by atoms with Crippen molar-refractivity contribution < 1.29 is 9.53 Å². The second kappa shape index (κ2) is 9.61. The molecule has 0 fully saturated rings. The van der Waals surface area contributed by atoms with Gasteiger partial charge in [-0.15, -0.1) is 10.2 Å². The third-order valence-electron chi connectivity index (χ3n) is 5.52. The van der Waals surface area contributed by atoms with Gasteiger partial charge in [0.1, 0.15) is 17.6 Å². The van der Waals surface area contributed by atoms with Crippen LogP contribution >= 0.6 is 11.8 Å². The van der Waals surface area contributed by atoms with E-state index in [1.807, 2.05) is 91.3 Å². The first-order valence-corrected chi connectivity index (χ1v) is 11.9. The third kappa shape index (κ3) is 4.77. The number of amides is 1. The Hall–Kier alpha value is -3.78. The predicted octanol–water partition coefficient (Wildman–Crippen LogP) is 4.87. The summed E-state index contributed by atoms with van der Waals surface area (Å²) < 4.78 is 7.71. The highest BCUT2D eigenvalue weighted by Crippen LogP contribution is 2.37. The fraction of sp³-hybridized carbons (Fsp3) is 0.192. The Morgan fingerprint density at radius 1 is 1.00 bits per heavy atom. The van der Waals surface area contributed by atoms with Gasteiger partial charge in [-0.05, 0) is 54.8 Å².